The zero-order valence-electron chi connectivity index (χ0n) is 15.0. The first-order valence-electron chi connectivity index (χ1n) is 8.75. The van der Waals surface area contributed by atoms with Crippen LogP contribution < -0.4 is 0 Å². The minimum absolute atomic E-state index is 0.0222. The number of nitrogens with zero attached hydrogens (tertiary/aromatic N) is 3. The van der Waals surface area contributed by atoms with E-state index in [-0.39, 0.29) is 24.5 Å². The van der Waals surface area contributed by atoms with Gasteiger partial charge in [0.2, 0.25) is 10.0 Å². The Morgan fingerprint density at radius 2 is 1.78 bits per heavy atom. The fraction of sp³-hybridized carbons (Fsp3) is 0.588. The summed E-state index contributed by atoms with van der Waals surface area (Å²) in [5, 5.41) is 10.7. The molecule has 0 bridgehead atoms. The van der Waals surface area contributed by atoms with Crippen molar-refractivity contribution >= 4 is 39.3 Å². The number of hydrogen-bond acceptors (Lipinski definition) is 4. The highest BCUT2D eigenvalue weighted by Crippen LogP contribution is 2.35. The lowest BCUT2D eigenvalue weighted by atomic mass is 9.89. The van der Waals surface area contributed by atoms with Gasteiger partial charge in [-0.3, -0.25) is 0 Å². The van der Waals surface area contributed by atoms with Crippen LogP contribution in [0.1, 0.15) is 11.5 Å². The van der Waals surface area contributed by atoms with Crippen molar-refractivity contribution in [2.24, 2.45) is 5.92 Å². The number of rotatable bonds is 3. The Balaban J connectivity index is 1.67. The summed E-state index contributed by atoms with van der Waals surface area (Å²) in [6.07, 6.45) is 1.18. The lowest BCUT2D eigenvalue weighted by molar-refractivity contribution is 0.139. The van der Waals surface area contributed by atoms with Gasteiger partial charge in [0, 0.05) is 57.7 Å². The maximum Gasteiger partial charge on any atom is 0.320 e. The molecule has 0 aromatic heterocycles. The average molecular weight is 436 g/mol. The summed E-state index contributed by atoms with van der Waals surface area (Å²) < 4.78 is 24.6. The summed E-state index contributed by atoms with van der Waals surface area (Å²) >= 11 is 12.1. The first kappa shape index (κ1) is 20.7. The molecular weight excluding hydrogens is 413 g/mol. The first-order chi connectivity index (χ1) is 12.7. The van der Waals surface area contributed by atoms with E-state index in [9.17, 15) is 18.3 Å². The second-order valence-corrected chi connectivity index (χ2v) is 9.86. The third-order valence-corrected chi connectivity index (χ3v) is 7.34. The highest BCUT2D eigenvalue weighted by atomic mass is 35.5. The molecule has 0 aliphatic carbocycles. The summed E-state index contributed by atoms with van der Waals surface area (Å²) in [5.74, 6) is -0.102. The van der Waals surface area contributed by atoms with Crippen LogP contribution in [-0.4, -0.2) is 85.8 Å². The molecule has 2 amide bonds. The van der Waals surface area contributed by atoms with Crippen molar-refractivity contribution in [2.75, 3.05) is 52.1 Å². The Morgan fingerprint density at radius 3 is 2.33 bits per heavy atom. The number of sulfonamides is 1. The van der Waals surface area contributed by atoms with Crippen molar-refractivity contribution in [2.45, 2.75) is 5.92 Å². The Morgan fingerprint density at radius 1 is 1.11 bits per heavy atom. The molecule has 0 unspecified atom stereocenters. The molecule has 2 heterocycles. The number of hydrogen-bond donors (Lipinski definition) is 1. The molecule has 1 aromatic rings. The van der Waals surface area contributed by atoms with E-state index in [1.807, 2.05) is 6.07 Å². The zero-order valence-corrected chi connectivity index (χ0v) is 17.3. The van der Waals surface area contributed by atoms with Gasteiger partial charge in [0.1, 0.15) is 0 Å². The van der Waals surface area contributed by atoms with E-state index < -0.39 is 10.0 Å². The predicted octanol–water partition coefficient (Wildman–Crippen LogP) is 1.70. The average Bonchev–Trinajstić information content (AvgIpc) is 3.07. The molecule has 2 aliphatic heterocycles. The number of benzene rings is 1. The van der Waals surface area contributed by atoms with E-state index in [0.29, 0.717) is 49.3 Å². The third kappa shape index (κ3) is 4.51. The monoisotopic (exact) mass is 435 g/mol. The normalized spacial score (nSPS) is 24.4. The van der Waals surface area contributed by atoms with E-state index in [2.05, 4.69) is 0 Å². The minimum atomic E-state index is -3.23. The molecular formula is C17H23Cl2N3O4S. The number of piperazine rings is 1. The van der Waals surface area contributed by atoms with Crippen molar-refractivity contribution in [3.63, 3.8) is 0 Å². The van der Waals surface area contributed by atoms with Crippen LogP contribution in [0.3, 0.4) is 0 Å². The van der Waals surface area contributed by atoms with Gasteiger partial charge in [0.25, 0.3) is 0 Å². The predicted molar refractivity (Wildman–Crippen MR) is 105 cm³/mol. The zero-order chi connectivity index (χ0) is 19.8. The van der Waals surface area contributed by atoms with E-state index in [0.717, 1.165) is 5.56 Å². The molecule has 0 radical (unpaired) electrons. The van der Waals surface area contributed by atoms with E-state index in [1.54, 1.807) is 21.9 Å². The summed E-state index contributed by atoms with van der Waals surface area (Å²) in [6.45, 7) is 2.24. The molecule has 0 saturated carbocycles. The number of carbonyl (C=O) groups is 1. The van der Waals surface area contributed by atoms with Gasteiger partial charge >= 0.3 is 6.03 Å². The standard InChI is InChI=1S/C17H23Cl2N3O4S/c1-27(25,26)22-6-4-20(5-7-22)17(24)21-9-13(11-23)14(10-21)12-2-3-15(18)16(19)8-12/h2-3,8,13-14,23H,4-7,9-11H2,1H3/t13-,14-/m0/s1. The van der Waals surface area contributed by atoms with E-state index >= 15 is 0 Å². The molecule has 1 aromatic carbocycles. The van der Waals surface area contributed by atoms with Crippen LogP contribution in [0.2, 0.25) is 10.0 Å². The van der Waals surface area contributed by atoms with Crippen LogP contribution in [0.5, 0.6) is 0 Å². The first-order valence-corrected chi connectivity index (χ1v) is 11.4. The summed E-state index contributed by atoms with van der Waals surface area (Å²) in [4.78, 5) is 16.3. The lowest BCUT2D eigenvalue weighted by Gasteiger charge is -2.35. The number of aliphatic hydroxyl groups excluding tert-OH is 1. The van der Waals surface area contributed by atoms with Crippen LogP contribution in [0, 0.1) is 5.92 Å². The molecule has 150 valence electrons. The fourth-order valence-corrected chi connectivity index (χ4v) is 4.88. The van der Waals surface area contributed by atoms with Gasteiger partial charge in [0.05, 0.1) is 16.3 Å². The Bertz CT molecular complexity index is 812. The fourth-order valence-electron chi connectivity index (χ4n) is 3.74. The van der Waals surface area contributed by atoms with Gasteiger partial charge in [-0.25, -0.2) is 13.2 Å². The Hall–Kier alpha value is -1.06. The molecule has 0 spiro atoms. The number of halogens is 2. The summed E-state index contributed by atoms with van der Waals surface area (Å²) in [5.41, 5.74) is 0.945. The van der Waals surface area contributed by atoms with Crippen LogP contribution in [0.4, 0.5) is 4.79 Å². The van der Waals surface area contributed by atoms with Crippen molar-refractivity contribution in [1.29, 1.82) is 0 Å². The highest BCUT2D eigenvalue weighted by Gasteiger charge is 2.38. The van der Waals surface area contributed by atoms with E-state index in [4.69, 9.17) is 23.2 Å². The second-order valence-electron chi connectivity index (χ2n) is 7.06. The topological polar surface area (TPSA) is 81.2 Å². The van der Waals surface area contributed by atoms with Gasteiger partial charge in [-0.15, -0.1) is 0 Å². The smallest absolute Gasteiger partial charge is 0.320 e. The van der Waals surface area contributed by atoms with Crippen LogP contribution in [0.25, 0.3) is 0 Å². The molecule has 2 fully saturated rings. The number of urea groups is 1. The second kappa shape index (κ2) is 8.13. The summed E-state index contributed by atoms with van der Waals surface area (Å²) in [7, 11) is -3.23. The van der Waals surface area contributed by atoms with Gasteiger partial charge in [-0.1, -0.05) is 29.3 Å². The molecule has 2 atom stereocenters. The quantitative estimate of drug-likeness (QED) is 0.782. The molecule has 10 heteroatoms. The Kier molecular flexibility index (Phi) is 6.22. The third-order valence-electron chi connectivity index (χ3n) is 5.30. The van der Waals surface area contributed by atoms with Gasteiger partial charge in [-0.2, -0.15) is 4.31 Å². The maximum atomic E-state index is 12.9. The molecule has 3 rings (SSSR count). The van der Waals surface area contributed by atoms with Crippen LogP contribution >= 0.6 is 23.2 Å². The molecule has 1 N–H and O–H groups in total. The van der Waals surface area contributed by atoms with Crippen LogP contribution in [0.15, 0.2) is 18.2 Å². The van der Waals surface area contributed by atoms with Crippen molar-refractivity contribution < 1.29 is 18.3 Å². The molecule has 2 aliphatic rings. The SMILES string of the molecule is CS(=O)(=O)N1CCN(C(=O)N2C[C@@H](CO)[C@H](c3ccc(Cl)c(Cl)c3)C2)CC1. The largest absolute Gasteiger partial charge is 0.396 e. The number of aliphatic hydroxyl groups is 1. The van der Waals surface area contributed by atoms with Crippen molar-refractivity contribution in [3.05, 3.63) is 33.8 Å². The molecule has 27 heavy (non-hydrogen) atoms. The number of carbonyl (C=O) groups excluding carboxylic acids is 1. The number of likely N-dealkylation sites (tertiary alicyclic amines) is 1. The van der Waals surface area contributed by atoms with Gasteiger partial charge in [-0.05, 0) is 17.7 Å². The van der Waals surface area contributed by atoms with Crippen molar-refractivity contribution in [1.82, 2.24) is 14.1 Å². The molecule has 7 nitrogen and oxygen atoms in total. The highest BCUT2D eigenvalue weighted by molar-refractivity contribution is 7.88. The van der Waals surface area contributed by atoms with Crippen LogP contribution in [-0.2, 0) is 10.0 Å². The van der Waals surface area contributed by atoms with Gasteiger partial charge in [0.15, 0.2) is 0 Å². The Labute approximate surface area is 169 Å². The van der Waals surface area contributed by atoms with Crippen molar-refractivity contribution in [3.8, 4) is 0 Å². The van der Waals surface area contributed by atoms with Gasteiger partial charge < -0.3 is 14.9 Å². The summed E-state index contributed by atoms with van der Waals surface area (Å²) in [6, 6.07) is 5.27. The number of amides is 2. The maximum absolute atomic E-state index is 12.9. The lowest BCUT2D eigenvalue weighted by Crippen LogP contribution is -2.53. The van der Waals surface area contributed by atoms with E-state index in [1.165, 1.54) is 10.6 Å². The minimum Gasteiger partial charge on any atom is -0.396 e. The molecule has 2 saturated heterocycles.